The molecule has 1 aliphatic rings. The highest BCUT2D eigenvalue weighted by molar-refractivity contribution is 5.96. The molecule has 0 unspecified atom stereocenters. The van der Waals surface area contributed by atoms with Crippen LogP contribution in [0.4, 0.5) is 5.69 Å². The molecule has 2 rings (SSSR count). The van der Waals surface area contributed by atoms with Crippen molar-refractivity contribution in [3.63, 3.8) is 0 Å². The monoisotopic (exact) mass is 271 g/mol. The Morgan fingerprint density at radius 2 is 2.10 bits per heavy atom. The van der Waals surface area contributed by atoms with Gasteiger partial charge in [-0.15, -0.1) is 0 Å². The first-order valence-electron chi connectivity index (χ1n) is 7.07. The van der Waals surface area contributed by atoms with Crippen LogP contribution in [0.15, 0.2) is 18.2 Å². The predicted octanol–water partition coefficient (Wildman–Crippen LogP) is 2.86. The summed E-state index contributed by atoms with van der Waals surface area (Å²) in [7, 11) is 0. The van der Waals surface area contributed by atoms with Crippen molar-refractivity contribution < 1.29 is 9.90 Å². The molecule has 2 N–H and O–H groups in total. The van der Waals surface area contributed by atoms with Gasteiger partial charge in [-0.3, -0.25) is 4.79 Å². The molecule has 20 heavy (non-hydrogen) atoms. The lowest BCUT2D eigenvalue weighted by Crippen LogP contribution is -2.31. The summed E-state index contributed by atoms with van der Waals surface area (Å²) >= 11 is 0. The molecule has 1 aromatic rings. The number of hydrogen-bond acceptors (Lipinski definition) is 2. The highest BCUT2D eigenvalue weighted by Gasteiger charge is 2.36. The zero-order chi connectivity index (χ0) is 14.6. The summed E-state index contributed by atoms with van der Waals surface area (Å²) in [5, 5.41) is 11.8. The maximum atomic E-state index is 12.4. The van der Waals surface area contributed by atoms with Gasteiger partial charge in [0.1, 0.15) is 6.61 Å². The molecule has 0 radical (unpaired) electrons. The Morgan fingerprint density at radius 1 is 1.40 bits per heavy atom. The lowest BCUT2D eigenvalue weighted by molar-refractivity contribution is -0.124. The van der Waals surface area contributed by atoms with Gasteiger partial charge in [-0.25, -0.2) is 0 Å². The number of carbonyl (C=O) groups excluding carboxylic acids is 1. The average Bonchev–Trinajstić information content (AvgIpc) is 2.88. The summed E-state index contributed by atoms with van der Waals surface area (Å²) in [6.07, 6.45) is 4.18. The van der Waals surface area contributed by atoms with Crippen LogP contribution in [0.3, 0.4) is 0 Å². The van der Waals surface area contributed by atoms with Crippen molar-refractivity contribution in [2.24, 2.45) is 5.41 Å². The number of aliphatic hydroxyl groups is 1. The van der Waals surface area contributed by atoms with Gasteiger partial charge in [0.05, 0.1) is 0 Å². The van der Waals surface area contributed by atoms with E-state index >= 15 is 0 Å². The van der Waals surface area contributed by atoms with Crippen molar-refractivity contribution in [2.75, 3.05) is 11.9 Å². The van der Waals surface area contributed by atoms with E-state index in [2.05, 4.69) is 17.2 Å². The summed E-state index contributed by atoms with van der Waals surface area (Å²) in [4.78, 5) is 12.4. The number of amides is 1. The van der Waals surface area contributed by atoms with E-state index in [4.69, 9.17) is 5.11 Å². The van der Waals surface area contributed by atoms with Gasteiger partial charge >= 0.3 is 0 Å². The fourth-order valence-electron chi connectivity index (χ4n) is 2.63. The van der Waals surface area contributed by atoms with Crippen LogP contribution in [0.1, 0.15) is 43.7 Å². The first-order chi connectivity index (χ1) is 9.55. The minimum Gasteiger partial charge on any atom is -0.384 e. The molecule has 1 saturated carbocycles. The molecular weight excluding hydrogens is 250 g/mol. The molecule has 0 aliphatic heterocycles. The first-order valence-corrected chi connectivity index (χ1v) is 7.07. The zero-order valence-corrected chi connectivity index (χ0v) is 12.1. The number of rotatable bonds is 2. The van der Waals surface area contributed by atoms with Crippen LogP contribution in [-0.2, 0) is 4.79 Å². The first kappa shape index (κ1) is 14.6. The van der Waals surface area contributed by atoms with Gasteiger partial charge in [-0.2, -0.15) is 0 Å². The Balaban J connectivity index is 2.18. The second-order valence-electron chi connectivity index (χ2n) is 5.71. The quantitative estimate of drug-likeness (QED) is 0.813. The third-order valence-corrected chi connectivity index (χ3v) is 4.05. The van der Waals surface area contributed by atoms with Crippen LogP contribution >= 0.6 is 0 Å². The van der Waals surface area contributed by atoms with Crippen molar-refractivity contribution in [3.8, 4) is 11.8 Å². The maximum absolute atomic E-state index is 12.4. The average molecular weight is 271 g/mol. The standard InChI is InChI=1S/C17H21NO2/c1-13-7-8-14(6-5-11-19)12-15(13)18-16(20)17(2)9-3-4-10-17/h7-8,12,19H,3-4,9-11H2,1-2H3,(H,18,20). The van der Waals surface area contributed by atoms with Gasteiger partial charge in [-0.05, 0) is 37.5 Å². The van der Waals surface area contributed by atoms with Crippen LogP contribution in [0.2, 0.25) is 0 Å². The molecular formula is C17H21NO2. The number of aryl methyl sites for hydroxylation is 1. The van der Waals surface area contributed by atoms with Gasteiger partial charge in [0, 0.05) is 16.7 Å². The van der Waals surface area contributed by atoms with Crippen molar-refractivity contribution >= 4 is 11.6 Å². The van der Waals surface area contributed by atoms with Gasteiger partial charge in [0.2, 0.25) is 5.91 Å². The van der Waals surface area contributed by atoms with Crippen molar-refractivity contribution in [2.45, 2.75) is 39.5 Å². The Hall–Kier alpha value is -1.79. The molecule has 0 saturated heterocycles. The molecule has 1 amide bonds. The van der Waals surface area contributed by atoms with E-state index in [0.717, 1.165) is 42.5 Å². The van der Waals surface area contributed by atoms with E-state index in [-0.39, 0.29) is 17.9 Å². The van der Waals surface area contributed by atoms with Crippen LogP contribution in [0, 0.1) is 24.2 Å². The third kappa shape index (κ3) is 3.20. The second-order valence-corrected chi connectivity index (χ2v) is 5.71. The lowest BCUT2D eigenvalue weighted by atomic mass is 9.87. The van der Waals surface area contributed by atoms with E-state index in [9.17, 15) is 4.79 Å². The summed E-state index contributed by atoms with van der Waals surface area (Å²) in [5.74, 6) is 5.59. The number of hydrogen-bond donors (Lipinski definition) is 2. The molecule has 0 bridgehead atoms. The Kier molecular flexibility index (Phi) is 4.46. The van der Waals surface area contributed by atoms with E-state index in [1.54, 1.807) is 0 Å². The molecule has 1 aromatic carbocycles. The van der Waals surface area contributed by atoms with E-state index in [0.29, 0.717) is 0 Å². The number of benzene rings is 1. The molecule has 1 fully saturated rings. The summed E-state index contributed by atoms with van der Waals surface area (Å²) < 4.78 is 0. The molecule has 106 valence electrons. The Morgan fingerprint density at radius 3 is 2.75 bits per heavy atom. The molecule has 0 aromatic heterocycles. The van der Waals surface area contributed by atoms with E-state index < -0.39 is 0 Å². The van der Waals surface area contributed by atoms with Crippen LogP contribution < -0.4 is 5.32 Å². The molecule has 3 nitrogen and oxygen atoms in total. The maximum Gasteiger partial charge on any atom is 0.230 e. The molecule has 0 atom stereocenters. The SMILES string of the molecule is Cc1ccc(C#CCO)cc1NC(=O)C1(C)CCCC1. The van der Waals surface area contributed by atoms with Crippen molar-refractivity contribution in [3.05, 3.63) is 29.3 Å². The number of aliphatic hydroxyl groups excluding tert-OH is 1. The third-order valence-electron chi connectivity index (χ3n) is 4.05. The van der Waals surface area contributed by atoms with Gasteiger partial charge in [0.15, 0.2) is 0 Å². The second kappa shape index (κ2) is 6.11. The minimum atomic E-state index is -0.237. The van der Waals surface area contributed by atoms with E-state index in [1.165, 1.54) is 0 Å². The van der Waals surface area contributed by atoms with E-state index in [1.807, 2.05) is 32.0 Å². The van der Waals surface area contributed by atoms with Gasteiger partial charge in [0.25, 0.3) is 0 Å². The Bertz CT molecular complexity index is 560. The summed E-state index contributed by atoms with van der Waals surface area (Å²) in [5.41, 5.74) is 2.40. The van der Waals surface area contributed by atoms with Crippen molar-refractivity contribution in [1.29, 1.82) is 0 Å². The van der Waals surface area contributed by atoms with Gasteiger partial charge in [-0.1, -0.05) is 37.7 Å². The Labute approximate surface area is 120 Å². The summed E-state index contributed by atoms with van der Waals surface area (Å²) in [6.45, 7) is 3.85. The normalized spacial score (nSPS) is 16.4. The van der Waals surface area contributed by atoms with Gasteiger partial charge < -0.3 is 10.4 Å². The van der Waals surface area contributed by atoms with Crippen LogP contribution in [-0.4, -0.2) is 17.6 Å². The number of nitrogens with one attached hydrogen (secondary N) is 1. The molecule has 0 heterocycles. The number of anilines is 1. The zero-order valence-electron chi connectivity index (χ0n) is 12.1. The van der Waals surface area contributed by atoms with Crippen LogP contribution in [0.25, 0.3) is 0 Å². The minimum absolute atomic E-state index is 0.102. The molecule has 1 aliphatic carbocycles. The molecule has 3 heteroatoms. The largest absolute Gasteiger partial charge is 0.384 e. The highest BCUT2D eigenvalue weighted by Crippen LogP contribution is 2.38. The van der Waals surface area contributed by atoms with Crippen LogP contribution in [0.5, 0.6) is 0 Å². The lowest BCUT2D eigenvalue weighted by Gasteiger charge is -2.23. The predicted molar refractivity (Wildman–Crippen MR) is 80.3 cm³/mol. The number of carbonyl (C=O) groups is 1. The fourth-order valence-corrected chi connectivity index (χ4v) is 2.63. The fraction of sp³-hybridized carbons (Fsp3) is 0.471. The highest BCUT2D eigenvalue weighted by atomic mass is 16.2. The topological polar surface area (TPSA) is 49.3 Å². The summed E-state index contributed by atoms with van der Waals surface area (Å²) in [6, 6.07) is 5.70. The smallest absolute Gasteiger partial charge is 0.230 e. The van der Waals surface area contributed by atoms with Crippen molar-refractivity contribution in [1.82, 2.24) is 0 Å². The molecule has 0 spiro atoms.